The molecule has 0 aromatic heterocycles. The van der Waals surface area contributed by atoms with Gasteiger partial charge in [-0.15, -0.1) is 0 Å². The molecular formula is C21H26NO4P. The first-order chi connectivity index (χ1) is 13.1. The lowest BCUT2D eigenvalue weighted by Crippen LogP contribution is -2.16. The molecule has 144 valence electrons. The van der Waals surface area contributed by atoms with Crippen molar-refractivity contribution in [2.75, 3.05) is 13.2 Å². The zero-order chi connectivity index (χ0) is 19.5. The number of carbonyl (C=O) groups excluding carboxylic acids is 1. The molecule has 5 nitrogen and oxygen atoms in total. The van der Waals surface area contributed by atoms with Crippen molar-refractivity contribution in [3.05, 3.63) is 71.8 Å². The van der Waals surface area contributed by atoms with Crippen molar-refractivity contribution in [1.82, 2.24) is 0 Å². The summed E-state index contributed by atoms with van der Waals surface area (Å²) >= 11 is 0. The van der Waals surface area contributed by atoms with Gasteiger partial charge >= 0.3 is 7.60 Å². The molecule has 2 rings (SSSR count). The van der Waals surface area contributed by atoms with E-state index in [-0.39, 0.29) is 19.6 Å². The summed E-state index contributed by atoms with van der Waals surface area (Å²) in [6.07, 6.45) is 1.33. The lowest BCUT2D eigenvalue weighted by atomic mass is 10.0. The van der Waals surface area contributed by atoms with Gasteiger partial charge in [0.15, 0.2) is 5.78 Å². The van der Waals surface area contributed by atoms with E-state index in [0.29, 0.717) is 12.1 Å². The van der Waals surface area contributed by atoms with Crippen molar-refractivity contribution in [3.63, 3.8) is 0 Å². The zero-order valence-electron chi connectivity index (χ0n) is 15.8. The monoisotopic (exact) mass is 387 g/mol. The van der Waals surface area contributed by atoms with Gasteiger partial charge in [-0.2, -0.15) is 0 Å². The van der Waals surface area contributed by atoms with Gasteiger partial charge in [-0.05, 0) is 20.3 Å². The lowest BCUT2D eigenvalue weighted by Gasteiger charge is -2.24. The number of benzene rings is 2. The predicted molar refractivity (Wildman–Crippen MR) is 108 cm³/mol. The van der Waals surface area contributed by atoms with Crippen LogP contribution in [0.2, 0.25) is 0 Å². The molecule has 0 aliphatic carbocycles. The smallest absolute Gasteiger partial charge is 0.307 e. The molecule has 0 saturated heterocycles. The van der Waals surface area contributed by atoms with Gasteiger partial charge in [0.2, 0.25) is 0 Å². The molecule has 1 atom stereocenters. The molecule has 0 saturated carbocycles. The van der Waals surface area contributed by atoms with E-state index in [4.69, 9.17) is 14.0 Å². The highest BCUT2D eigenvalue weighted by molar-refractivity contribution is 7.54. The third-order valence-corrected chi connectivity index (χ3v) is 6.24. The average molecular weight is 387 g/mol. The van der Waals surface area contributed by atoms with Crippen molar-refractivity contribution in [1.29, 1.82) is 0 Å². The normalized spacial score (nSPS) is 12.4. The molecule has 0 aliphatic heterocycles. The number of aldehydes is 1. The van der Waals surface area contributed by atoms with Gasteiger partial charge in [-0.3, -0.25) is 9.56 Å². The summed E-state index contributed by atoms with van der Waals surface area (Å²) in [4.78, 5) is 15.8. The fraction of sp³-hybridized carbons (Fsp3) is 0.333. The van der Waals surface area contributed by atoms with Gasteiger partial charge in [0.05, 0.1) is 18.9 Å². The van der Waals surface area contributed by atoms with Gasteiger partial charge in [0, 0.05) is 17.5 Å². The molecule has 1 unspecified atom stereocenters. The third kappa shape index (κ3) is 5.96. The summed E-state index contributed by atoms with van der Waals surface area (Å²) < 4.78 is 24.4. The first kappa shape index (κ1) is 21.2. The maximum Gasteiger partial charge on any atom is 0.354 e. The standard InChI is InChI=1S/C21H26NO4P/c1-3-25-27(24,26-4-2)20(16-11-17-23)22-21(18-12-7-5-8-13-18)19-14-9-6-10-15-19/h5-10,12-15,17,20H,3-4,11,16H2,1-2H3. The molecule has 0 N–H and O–H groups in total. The van der Waals surface area contributed by atoms with E-state index in [9.17, 15) is 9.36 Å². The molecule has 0 radical (unpaired) electrons. The maximum atomic E-state index is 13.3. The summed E-state index contributed by atoms with van der Waals surface area (Å²) in [6.45, 7) is 4.02. The molecule has 2 aromatic rings. The van der Waals surface area contributed by atoms with Crippen LogP contribution in [0.25, 0.3) is 0 Å². The maximum absolute atomic E-state index is 13.3. The molecule has 0 fully saturated rings. The summed E-state index contributed by atoms with van der Waals surface area (Å²) in [6, 6.07) is 19.4. The molecule has 6 heteroatoms. The van der Waals surface area contributed by atoms with Crippen LogP contribution in [0.3, 0.4) is 0 Å². The Kier molecular flexibility index (Phi) is 8.59. The van der Waals surface area contributed by atoms with Crippen LogP contribution in [0.15, 0.2) is 65.7 Å². The first-order valence-electron chi connectivity index (χ1n) is 9.15. The van der Waals surface area contributed by atoms with Crippen molar-refractivity contribution in [2.45, 2.75) is 32.5 Å². The largest absolute Gasteiger partial charge is 0.354 e. The summed E-state index contributed by atoms with van der Waals surface area (Å²) in [5, 5.41) is 0. The molecule has 0 bridgehead atoms. The molecule has 27 heavy (non-hydrogen) atoms. The average Bonchev–Trinajstić information content (AvgIpc) is 2.70. The van der Waals surface area contributed by atoms with E-state index in [2.05, 4.69) is 0 Å². The van der Waals surface area contributed by atoms with Crippen LogP contribution < -0.4 is 0 Å². The number of hydrogen-bond acceptors (Lipinski definition) is 5. The topological polar surface area (TPSA) is 65.0 Å². The third-order valence-electron chi connectivity index (χ3n) is 3.90. The predicted octanol–water partition coefficient (Wildman–Crippen LogP) is 5.10. The van der Waals surface area contributed by atoms with Gasteiger partial charge < -0.3 is 13.8 Å². The van der Waals surface area contributed by atoms with Crippen LogP contribution >= 0.6 is 7.60 Å². The quantitative estimate of drug-likeness (QED) is 0.306. The minimum Gasteiger partial charge on any atom is -0.307 e. The molecule has 0 amide bonds. The van der Waals surface area contributed by atoms with Crippen molar-refractivity contribution >= 4 is 19.6 Å². The molecule has 0 aliphatic rings. The summed E-state index contributed by atoms with van der Waals surface area (Å²) in [5.74, 6) is -0.752. The Hall–Kier alpha value is -2.07. The number of rotatable bonds is 11. The van der Waals surface area contributed by atoms with Crippen LogP contribution in [0.1, 0.15) is 37.8 Å². The zero-order valence-corrected chi connectivity index (χ0v) is 16.7. The summed E-state index contributed by atoms with van der Waals surface area (Å²) in [5.41, 5.74) is 2.51. The van der Waals surface area contributed by atoms with Crippen LogP contribution in [-0.4, -0.2) is 31.0 Å². The number of aliphatic imine (C=N–C) groups is 1. The first-order valence-corrected chi connectivity index (χ1v) is 10.8. The van der Waals surface area contributed by atoms with Crippen LogP contribution in [0.4, 0.5) is 0 Å². The minimum absolute atomic E-state index is 0.231. The Balaban J connectivity index is 2.56. The van der Waals surface area contributed by atoms with E-state index < -0.39 is 13.4 Å². The van der Waals surface area contributed by atoms with Crippen molar-refractivity contribution < 1.29 is 18.4 Å². The highest BCUT2D eigenvalue weighted by Gasteiger charge is 2.35. The fourth-order valence-corrected chi connectivity index (χ4v) is 4.60. The molecular weight excluding hydrogens is 361 g/mol. The van der Waals surface area contributed by atoms with Crippen molar-refractivity contribution in [3.8, 4) is 0 Å². The number of nitrogens with zero attached hydrogens (tertiary/aromatic N) is 1. The van der Waals surface area contributed by atoms with Crippen LogP contribution in [0.5, 0.6) is 0 Å². The number of hydrogen-bond donors (Lipinski definition) is 0. The van der Waals surface area contributed by atoms with E-state index in [0.717, 1.165) is 17.4 Å². The Morgan fingerprint density at radius 1 is 0.963 bits per heavy atom. The van der Waals surface area contributed by atoms with Gasteiger partial charge in [0.1, 0.15) is 6.29 Å². The second-order valence-electron chi connectivity index (χ2n) is 5.81. The second kappa shape index (κ2) is 10.9. The van der Waals surface area contributed by atoms with E-state index in [1.54, 1.807) is 13.8 Å². The van der Waals surface area contributed by atoms with Crippen molar-refractivity contribution in [2.24, 2.45) is 4.99 Å². The summed E-state index contributed by atoms with van der Waals surface area (Å²) in [7, 11) is -3.50. The SMILES string of the molecule is CCOP(=O)(OCC)C(CCC=O)N=C(c1ccccc1)c1ccccc1. The Bertz CT molecular complexity index is 726. The fourth-order valence-electron chi connectivity index (χ4n) is 2.74. The van der Waals surface area contributed by atoms with E-state index >= 15 is 0 Å². The minimum atomic E-state index is -3.50. The second-order valence-corrected chi connectivity index (χ2v) is 8.00. The molecule has 0 spiro atoms. The lowest BCUT2D eigenvalue weighted by molar-refractivity contribution is -0.107. The Labute approximate surface area is 161 Å². The van der Waals surface area contributed by atoms with Gasteiger partial charge in [-0.25, -0.2) is 0 Å². The Morgan fingerprint density at radius 2 is 1.44 bits per heavy atom. The highest BCUT2D eigenvalue weighted by Crippen LogP contribution is 2.55. The Morgan fingerprint density at radius 3 is 1.85 bits per heavy atom. The number of carbonyl (C=O) groups is 1. The van der Waals surface area contributed by atoms with Gasteiger partial charge in [-0.1, -0.05) is 60.7 Å². The highest BCUT2D eigenvalue weighted by atomic mass is 31.2. The van der Waals surface area contributed by atoms with E-state index in [1.165, 1.54) is 0 Å². The van der Waals surface area contributed by atoms with E-state index in [1.807, 2.05) is 60.7 Å². The van der Waals surface area contributed by atoms with Gasteiger partial charge in [0.25, 0.3) is 0 Å². The van der Waals surface area contributed by atoms with Crippen LogP contribution in [0, 0.1) is 0 Å². The molecule has 0 heterocycles. The molecule has 2 aromatic carbocycles. The van der Waals surface area contributed by atoms with Crippen LogP contribution in [-0.2, 0) is 18.4 Å².